The average Bonchev–Trinajstić information content (AvgIpc) is 2.45. The molecule has 2 fully saturated rings. The molecule has 1 aliphatic carbocycles. The van der Waals surface area contributed by atoms with Gasteiger partial charge in [0.25, 0.3) is 0 Å². The van der Waals surface area contributed by atoms with Crippen LogP contribution in [-0.2, 0) is 4.79 Å². The summed E-state index contributed by atoms with van der Waals surface area (Å²) in [6, 6.07) is 0. The van der Waals surface area contributed by atoms with E-state index in [9.17, 15) is 4.79 Å². The molecule has 2 rings (SSSR count). The number of nitrogens with zero attached hydrogens (tertiary/aromatic N) is 2. The highest BCUT2D eigenvalue weighted by atomic mass is 16.4. The molecule has 1 atom stereocenters. The van der Waals surface area contributed by atoms with Gasteiger partial charge in [0, 0.05) is 31.8 Å². The van der Waals surface area contributed by atoms with E-state index < -0.39 is 0 Å². The maximum Gasteiger partial charge on any atom is 0.222 e. The van der Waals surface area contributed by atoms with Gasteiger partial charge in [-0.3, -0.25) is 4.79 Å². The molecule has 0 spiro atoms. The quantitative estimate of drug-likeness (QED) is 0.630. The highest BCUT2D eigenvalue weighted by molar-refractivity contribution is 5.89. The highest BCUT2D eigenvalue weighted by Crippen LogP contribution is 2.27. The van der Waals surface area contributed by atoms with Crippen LogP contribution in [0.5, 0.6) is 0 Å². The smallest absolute Gasteiger partial charge is 0.222 e. The van der Waals surface area contributed by atoms with Gasteiger partial charge in [0.2, 0.25) is 5.91 Å². The molecule has 0 radical (unpaired) electrons. The summed E-state index contributed by atoms with van der Waals surface area (Å²) in [5, 5.41) is 12.2. The zero-order valence-electron chi connectivity index (χ0n) is 12.0. The second-order valence-electron chi connectivity index (χ2n) is 6.12. The summed E-state index contributed by atoms with van der Waals surface area (Å²) in [5.74, 6) is 1.25. The minimum Gasteiger partial charge on any atom is -0.411 e. The standard InChI is InChI=1S/C15H26N2O2/c1-12-11-17(10-9-14(12)16-19)15(18)8-7-13-5-3-2-4-6-13/h12-13,19H,2-11H2,1H3. The Labute approximate surface area is 115 Å². The van der Waals surface area contributed by atoms with Crippen LogP contribution in [-0.4, -0.2) is 34.8 Å². The first-order chi connectivity index (χ1) is 9.20. The number of hydrogen-bond acceptors (Lipinski definition) is 3. The molecule has 1 heterocycles. The molecule has 19 heavy (non-hydrogen) atoms. The van der Waals surface area contributed by atoms with Gasteiger partial charge in [-0.1, -0.05) is 44.2 Å². The van der Waals surface area contributed by atoms with Crippen molar-refractivity contribution in [1.29, 1.82) is 0 Å². The molecular formula is C15H26N2O2. The van der Waals surface area contributed by atoms with Gasteiger partial charge in [-0.15, -0.1) is 0 Å². The number of rotatable bonds is 3. The van der Waals surface area contributed by atoms with Crippen LogP contribution >= 0.6 is 0 Å². The summed E-state index contributed by atoms with van der Waals surface area (Å²) >= 11 is 0. The first-order valence-corrected chi connectivity index (χ1v) is 7.69. The molecule has 108 valence electrons. The van der Waals surface area contributed by atoms with E-state index in [1.54, 1.807) is 0 Å². The number of amides is 1. The Morgan fingerprint density at radius 1 is 1.37 bits per heavy atom. The molecule has 1 unspecified atom stereocenters. The van der Waals surface area contributed by atoms with Crippen molar-refractivity contribution in [3.63, 3.8) is 0 Å². The van der Waals surface area contributed by atoms with Crippen LogP contribution in [0.2, 0.25) is 0 Å². The average molecular weight is 266 g/mol. The van der Waals surface area contributed by atoms with Crippen LogP contribution in [0.15, 0.2) is 5.16 Å². The lowest BCUT2D eigenvalue weighted by Gasteiger charge is -2.32. The van der Waals surface area contributed by atoms with Gasteiger partial charge < -0.3 is 10.1 Å². The number of oxime groups is 1. The monoisotopic (exact) mass is 266 g/mol. The fraction of sp³-hybridized carbons (Fsp3) is 0.867. The Hall–Kier alpha value is -1.06. The summed E-state index contributed by atoms with van der Waals surface area (Å²) in [7, 11) is 0. The van der Waals surface area contributed by atoms with Crippen LogP contribution in [0, 0.1) is 11.8 Å². The van der Waals surface area contributed by atoms with Crippen molar-refractivity contribution in [2.75, 3.05) is 13.1 Å². The second kappa shape index (κ2) is 6.92. The Bertz CT molecular complexity index is 335. The Morgan fingerprint density at radius 2 is 2.11 bits per heavy atom. The molecule has 1 saturated heterocycles. The lowest BCUT2D eigenvalue weighted by atomic mass is 9.86. The number of carbonyl (C=O) groups is 1. The van der Waals surface area contributed by atoms with E-state index in [2.05, 4.69) is 5.16 Å². The van der Waals surface area contributed by atoms with Gasteiger partial charge >= 0.3 is 0 Å². The lowest BCUT2D eigenvalue weighted by Crippen LogP contribution is -2.43. The maximum absolute atomic E-state index is 12.2. The van der Waals surface area contributed by atoms with Gasteiger partial charge in [0.05, 0.1) is 5.71 Å². The van der Waals surface area contributed by atoms with Gasteiger partial charge in [-0.05, 0) is 12.3 Å². The number of piperidine rings is 1. The molecule has 0 aromatic heterocycles. The summed E-state index contributed by atoms with van der Waals surface area (Å²) in [5.41, 5.74) is 0.830. The van der Waals surface area contributed by atoms with Gasteiger partial charge in [0.1, 0.15) is 0 Å². The van der Waals surface area contributed by atoms with Crippen LogP contribution in [0.1, 0.15) is 58.3 Å². The molecule has 1 saturated carbocycles. The van der Waals surface area contributed by atoms with Crippen molar-refractivity contribution >= 4 is 11.6 Å². The van der Waals surface area contributed by atoms with Crippen molar-refractivity contribution in [1.82, 2.24) is 4.90 Å². The summed E-state index contributed by atoms with van der Waals surface area (Å²) < 4.78 is 0. The molecular weight excluding hydrogens is 240 g/mol. The minimum atomic E-state index is 0.192. The molecule has 0 bridgehead atoms. The summed E-state index contributed by atoms with van der Waals surface area (Å²) in [6.45, 7) is 3.45. The Balaban J connectivity index is 1.74. The molecule has 2 aliphatic rings. The predicted molar refractivity (Wildman–Crippen MR) is 75.4 cm³/mol. The zero-order valence-corrected chi connectivity index (χ0v) is 12.0. The number of carbonyl (C=O) groups excluding carboxylic acids is 1. The first kappa shape index (κ1) is 14.4. The molecule has 0 aromatic carbocycles. The summed E-state index contributed by atoms with van der Waals surface area (Å²) in [4.78, 5) is 14.2. The molecule has 1 amide bonds. The lowest BCUT2D eigenvalue weighted by molar-refractivity contribution is -0.132. The molecule has 1 N–H and O–H groups in total. The normalized spacial score (nSPS) is 27.7. The van der Waals surface area contributed by atoms with Crippen molar-refractivity contribution in [3.05, 3.63) is 0 Å². The van der Waals surface area contributed by atoms with Gasteiger partial charge in [-0.2, -0.15) is 0 Å². The van der Waals surface area contributed by atoms with Crippen LogP contribution in [0.3, 0.4) is 0 Å². The molecule has 0 aromatic rings. The van der Waals surface area contributed by atoms with Gasteiger partial charge in [-0.25, -0.2) is 0 Å². The third-order valence-corrected chi connectivity index (χ3v) is 4.67. The third kappa shape index (κ3) is 3.95. The third-order valence-electron chi connectivity index (χ3n) is 4.67. The second-order valence-corrected chi connectivity index (χ2v) is 6.12. The van der Waals surface area contributed by atoms with Gasteiger partial charge in [0.15, 0.2) is 0 Å². The van der Waals surface area contributed by atoms with Crippen LogP contribution < -0.4 is 0 Å². The van der Waals surface area contributed by atoms with Crippen molar-refractivity contribution in [2.45, 2.75) is 58.3 Å². The first-order valence-electron chi connectivity index (χ1n) is 7.69. The van der Waals surface area contributed by atoms with E-state index in [0.29, 0.717) is 25.9 Å². The molecule has 4 nitrogen and oxygen atoms in total. The fourth-order valence-electron chi connectivity index (χ4n) is 3.36. The highest BCUT2D eigenvalue weighted by Gasteiger charge is 2.26. The van der Waals surface area contributed by atoms with E-state index >= 15 is 0 Å². The van der Waals surface area contributed by atoms with Crippen molar-refractivity contribution < 1.29 is 10.0 Å². The molecule has 4 heteroatoms. The van der Waals surface area contributed by atoms with E-state index in [-0.39, 0.29) is 11.8 Å². The Morgan fingerprint density at radius 3 is 2.74 bits per heavy atom. The number of likely N-dealkylation sites (tertiary alicyclic amines) is 1. The maximum atomic E-state index is 12.2. The van der Waals surface area contributed by atoms with Crippen LogP contribution in [0.4, 0.5) is 0 Å². The van der Waals surface area contributed by atoms with E-state index in [1.807, 2.05) is 11.8 Å². The SMILES string of the molecule is CC1CN(C(=O)CCC2CCCCC2)CCC1=NO. The Kier molecular flexibility index (Phi) is 5.23. The predicted octanol–water partition coefficient (Wildman–Crippen LogP) is 3.05. The van der Waals surface area contributed by atoms with E-state index in [1.165, 1.54) is 32.1 Å². The number of hydrogen-bond donors (Lipinski definition) is 1. The zero-order chi connectivity index (χ0) is 13.7. The van der Waals surface area contributed by atoms with Crippen LogP contribution in [0.25, 0.3) is 0 Å². The largest absolute Gasteiger partial charge is 0.411 e. The van der Waals surface area contributed by atoms with Crippen molar-refractivity contribution in [3.8, 4) is 0 Å². The fourth-order valence-corrected chi connectivity index (χ4v) is 3.36. The van der Waals surface area contributed by atoms with E-state index in [0.717, 1.165) is 18.1 Å². The summed E-state index contributed by atoms with van der Waals surface area (Å²) in [6.07, 6.45) is 9.15. The van der Waals surface area contributed by atoms with Crippen molar-refractivity contribution in [2.24, 2.45) is 17.0 Å². The van der Waals surface area contributed by atoms with E-state index in [4.69, 9.17) is 5.21 Å². The molecule has 1 aliphatic heterocycles. The topological polar surface area (TPSA) is 52.9 Å². The minimum absolute atomic E-state index is 0.192.